The van der Waals surface area contributed by atoms with Crippen molar-refractivity contribution < 1.29 is 4.39 Å². The Labute approximate surface area is 55.7 Å². The van der Waals surface area contributed by atoms with Crippen molar-refractivity contribution in [3.05, 3.63) is 12.2 Å². The molecular weight excluding hydrogens is 117 g/mol. The smallest absolute Gasteiger partial charge is 0.143 e. The van der Waals surface area contributed by atoms with Gasteiger partial charge in [-0.2, -0.15) is 0 Å². The van der Waals surface area contributed by atoms with Crippen LogP contribution in [0.2, 0.25) is 0 Å². The van der Waals surface area contributed by atoms with Crippen molar-refractivity contribution >= 4 is 0 Å². The number of rotatable bonds is 2. The molecule has 1 nitrogen and oxygen atoms in total. The molecule has 0 aliphatic rings. The van der Waals surface area contributed by atoms with Gasteiger partial charge in [-0.3, -0.25) is 0 Å². The fourth-order valence-corrected chi connectivity index (χ4v) is 0.389. The summed E-state index contributed by atoms with van der Waals surface area (Å²) in [6.45, 7) is 8.21. The normalized spacial score (nSPS) is 20.6. The highest BCUT2D eigenvalue weighted by Gasteiger charge is 2.28. The van der Waals surface area contributed by atoms with E-state index >= 15 is 0 Å². The lowest BCUT2D eigenvalue weighted by molar-refractivity contribution is 0.204. The van der Waals surface area contributed by atoms with E-state index in [9.17, 15) is 4.39 Å². The molecule has 2 unspecified atom stereocenters. The van der Waals surface area contributed by atoms with Gasteiger partial charge in [0.15, 0.2) is 0 Å². The second-order valence-electron chi connectivity index (χ2n) is 2.64. The highest BCUT2D eigenvalue weighted by atomic mass is 19.1. The van der Waals surface area contributed by atoms with Gasteiger partial charge in [0.1, 0.15) is 5.67 Å². The molecule has 0 aromatic carbocycles. The minimum Gasteiger partial charge on any atom is -0.325 e. The minimum atomic E-state index is -1.42. The van der Waals surface area contributed by atoms with Gasteiger partial charge in [-0.1, -0.05) is 6.58 Å². The maximum Gasteiger partial charge on any atom is 0.143 e. The number of hydrogen-bond donors (Lipinski definition) is 1. The van der Waals surface area contributed by atoms with E-state index in [1.54, 1.807) is 13.8 Å². The maximum absolute atomic E-state index is 13.1. The molecule has 2 atom stereocenters. The summed E-state index contributed by atoms with van der Waals surface area (Å²) in [5.41, 5.74) is 4.40. The topological polar surface area (TPSA) is 26.0 Å². The molecule has 0 radical (unpaired) electrons. The van der Waals surface area contributed by atoms with Crippen molar-refractivity contribution in [3.8, 4) is 0 Å². The standard InChI is InChI=1S/C7H14FN/c1-5(2)7(4,8)6(3)9/h6H,1,9H2,2-4H3. The van der Waals surface area contributed by atoms with Gasteiger partial charge >= 0.3 is 0 Å². The van der Waals surface area contributed by atoms with Gasteiger partial charge in [-0.25, -0.2) is 4.39 Å². The zero-order valence-corrected chi connectivity index (χ0v) is 6.24. The number of nitrogens with two attached hydrogens (primary N) is 1. The van der Waals surface area contributed by atoms with Crippen LogP contribution in [0.5, 0.6) is 0 Å². The molecule has 0 heterocycles. The van der Waals surface area contributed by atoms with Crippen molar-refractivity contribution in [2.45, 2.75) is 32.5 Å². The molecular formula is C7H14FN. The number of alkyl halides is 1. The fraction of sp³-hybridized carbons (Fsp3) is 0.714. The van der Waals surface area contributed by atoms with E-state index in [-0.39, 0.29) is 0 Å². The highest BCUT2D eigenvalue weighted by molar-refractivity contribution is 5.11. The van der Waals surface area contributed by atoms with E-state index in [1.807, 2.05) is 0 Å². The Balaban J connectivity index is 4.19. The minimum absolute atomic E-state index is 0.477. The van der Waals surface area contributed by atoms with E-state index in [0.29, 0.717) is 5.57 Å². The van der Waals surface area contributed by atoms with Crippen molar-refractivity contribution in [2.24, 2.45) is 5.73 Å². The molecule has 2 N–H and O–H groups in total. The Morgan fingerprint density at radius 2 is 2.11 bits per heavy atom. The molecule has 0 aliphatic heterocycles. The summed E-state index contributed by atoms with van der Waals surface area (Å²) in [5.74, 6) is 0. The summed E-state index contributed by atoms with van der Waals surface area (Å²) >= 11 is 0. The average Bonchev–Trinajstić information content (AvgIpc) is 1.65. The number of halogens is 1. The van der Waals surface area contributed by atoms with Crippen molar-refractivity contribution in [1.82, 2.24) is 0 Å². The van der Waals surface area contributed by atoms with E-state index < -0.39 is 11.7 Å². The molecule has 2 heteroatoms. The Hall–Kier alpha value is -0.370. The van der Waals surface area contributed by atoms with Crippen LogP contribution in [0, 0.1) is 0 Å². The van der Waals surface area contributed by atoms with Gasteiger partial charge in [0.2, 0.25) is 0 Å². The molecule has 0 saturated carbocycles. The molecule has 0 rings (SSSR count). The van der Waals surface area contributed by atoms with E-state index in [4.69, 9.17) is 5.73 Å². The molecule has 0 aliphatic carbocycles. The predicted octanol–water partition coefficient (Wildman–Crippen LogP) is 1.64. The maximum atomic E-state index is 13.1. The Morgan fingerprint density at radius 1 is 1.78 bits per heavy atom. The molecule has 0 aromatic heterocycles. The zero-order valence-electron chi connectivity index (χ0n) is 6.24. The summed E-state index contributed by atoms with van der Waals surface area (Å²) < 4.78 is 13.1. The summed E-state index contributed by atoms with van der Waals surface area (Å²) in [6.07, 6.45) is 0. The lowest BCUT2D eigenvalue weighted by Crippen LogP contribution is -2.40. The van der Waals surface area contributed by atoms with Crippen LogP contribution in [0.25, 0.3) is 0 Å². The van der Waals surface area contributed by atoms with Crippen molar-refractivity contribution in [3.63, 3.8) is 0 Å². The van der Waals surface area contributed by atoms with Gasteiger partial charge in [-0.05, 0) is 26.3 Å². The molecule has 0 aromatic rings. The van der Waals surface area contributed by atoms with Crippen molar-refractivity contribution in [2.75, 3.05) is 0 Å². The van der Waals surface area contributed by atoms with E-state index in [1.165, 1.54) is 6.92 Å². The van der Waals surface area contributed by atoms with Crippen LogP contribution in [0.1, 0.15) is 20.8 Å². The highest BCUT2D eigenvalue weighted by Crippen LogP contribution is 2.21. The first-order chi connectivity index (χ1) is 3.89. The van der Waals surface area contributed by atoms with Crippen LogP contribution in [0.4, 0.5) is 4.39 Å². The largest absolute Gasteiger partial charge is 0.325 e. The summed E-state index contributed by atoms with van der Waals surface area (Å²) in [4.78, 5) is 0. The number of hydrogen-bond acceptors (Lipinski definition) is 1. The van der Waals surface area contributed by atoms with Crippen LogP contribution in [-0.4, -0.2) is 11.7 Å². The van der Waals surface area contributed by atoms with Gasteiger partial charge < -0.3 is 5.73 Å². The Morgan fingerprint density at radius 3 is 2.11 bits per heavy atom. The van der Waals surface area contributed by atoms with E-state index in [0.717, 1.165) is 0 Å². The zero-order chi connectivity index (χ0) is 7.65. The van der Waals surface area contributed by atoms with Crippen LogP contribution >= 0.6 is 0 Å². The Kier molecular flexibility index (Phi) is 2.38. The Bertz CT molecular complexity index is 116. The van der Waals surface area contributed by atoms with Gasteiger partial charge in [0.25, 0.3) is 0 Å². The predicted molar refractivity (Wildman–Crippen MR) is 38.0 cm³/mol. The van der Waals surface area contributed by atoms with Crippen LogP contribution in [0.3, 0.4) is 0 Å². The third-order valence-corrected chi connectivity index (χ3v) is 1.69. The lowest BCUT2D eigenvalue weighted by Gasteiger charge is -2.24. The molecule has 54 valence electrons. The molecule has 9 heavy (non-hydrogen) atoms. The summed E-state index contributed by atoms with van der Waals surface area (Å²) in [6, 6.07) is -0.477. The second kappa shape index (κ2) is 2.48. The molecule has 0 amide bonds. The summed E-state index contributed by atoms with van der Waals surface area (Å²) in [7, 11) is 0. The van der Waals surface area contributed by atoms with Gasteiger partial charge in [-0.15, -0.1) is 0 Å². The van der Waals surface area contributed by atoms with Crippen LogP contribution < -0.4 is 5.73 Å². The molecule has 0 spiro atoms. The van der Waals surface area contributed by atoms with Crippen molar-refractivity contribution in [1.29, 1.82) is 0 Å². The molecule has 0 fully saturated rings. The van der Waals surface area contributed by atoms with Crippen LogP contribution in [-0.2, 0) is 0 Å². The SMILES string of the molecule is C=C(C)C(C)(F)C(C)N. The monoisotopic (exact) mass is 131 g/mol. The third-order valence-electron chi connectivity index (χ3n) is 1.69. The first-order valence-corrected chi connectivity index (χ1v) is 2.99. The van der Waals surface area contributed by atoms with Gasteiger partial charge in [0, 0.05) is 6.04 Å². The first kappa shape index (κ1) is 8.63. The fourth-order valence-electron chi connectivity index (χ4n) is 0.389. The summed E-state index contributed by atoms with van der Waals surface area (Å²) in [5, 5.41) is 0. The molecule has 0 bridgehead atoms. The third kappa shape index (κ3) is 1.79. The van der Waals surface area contributed by atoms with E-state index in [2.05, 4.69) is 6.58 Å². The second-order valence-corrected chi connectivity index (χ2v) is 2.64. The first-order valence-electron chi connectivity index (χ1n) is 2.99. The van der Waals surface area contributed by atoms with Crippen LogP contribution in [0.15, 0.2) is 12.2 Å². The molecule has 0 saturated heterocycles. The lowest BCUT2D eigenvalue weighted by atomic mass is 9.94. The average molecular weight is 131 g/mol. The van der Waals surface area contributed by atoms with Gasteiger partial charge in [0.05, 0.1) is 0 Å². The quantitative estimate of drug-likeness (QED) is 0.566.